The second kappa shape index (κ2) is 4.41. The van der Waals surface area contributed by atoms with E-state index in [-0.39, 0.29) is 5.91 Å². The van der Waals surface area contributed by atoms with Crippen LogP contribution in [-0.2, 0) is 9.59 Å². The van der Waals surface area contributed by atoms with E-state index in [9.17, 15) is 14.7 Å². The monoisotopic (exact) mass is 201 g/mol. The molecule has 1 saturated carbocycles. The molecule has 0 bridgehead atoms. The molecule has 3 N–H and O–H groups in total. The van der Waals surface area contributed by atoms with Gasteiger partial charge < -0.3 is 15.5 Å². The first kappa shape index (κ1) is 11.0. The SMILES string of the molecule is CC(=O)NC1CC(C(=O)O)CCC1O. The summed E-state index contributed by atoms with van der Waals surface area (Å²) in [6.07, 6.45) is 0.611. The van der Waals surface area contributed by atoms with Crippen molar-refractivity contribution in [1.82, 2.24) is 5.32 Å². The van der Waals surface area contributed by atoms with E-state index in [1.54, 1.807) is 0 Å². The highest BCUT2D eigenvalue weighted by Crippen LogP contribution is 2.24. The van der Waals surface area contributed by atoms with Gasteiger partial charge in [0.2, 0.25) is 5.91 Å². The average Bonchev–Trinajstić information content (AvgIpc) is 2.07. The van der Waals surface area contributed by atoms with Crippen LogP contribution in [-0.4, -0.2) is 34.2 Å². The van der Waals surface area contributed by atoms with Crippen molar-refractivity contribution in [3.05, 3.63) is 0 Å². The molecular formula is C9H15NO4. The molecule has 0 heterocycles. The average molecular weight is 201 g/mol. The molecule has 5 nitrogen and oxygen atoms in total. The lowest BCUT2D eigenvalue weighted by atomic mass is 9.84. The van der Waals surface area contributed by atoms with E-state index in [1.807, 2.05) is 0 Å². The van der Waals surface area contributed by atoms with Gasteiger partial charge in [-0.25, -0.2) is 0 Å². The summed E-state index contributed by atoms with van der Waals surface area (Å²) in [6, 6.07) is -0.414. The van der Waals surface area contributed by atoms with Crippen LogP contribution in [0.3, 0.4) is 0 Å². The Bertz CT molecular complexity index is 241. The second-order valence-corrected chi connectivity index (χ2v) is 3.72. The Morgan fingerprint density at radius 3 is 2.50 bits per heavy atom. The van der Waals surface area contributed by atoms with Gasteiger partial charge in [0, 0.05) is 6.92 Å². The first-order valence-corrected chi connectivity index (χ1v) is 4.68. The molecule has 3 unspecified atom stereocenters. The zero-order valence-corrected chi connectivity index (χ0v) is 8.06. The topological polar surface area (TPSA) is 86.6 Å². The van der Waals surface area contributed by atoms with Gasteiger partial charge in [-0.2, -0.15) is 0 Å². The molecule has 14 heavy (non-hydrogen) atoms. The Morgan fingerprint density at radius 1 is 1.36 bits per heavy atom. The van der Waals surface area contributed by atoms with Crippen molar-refractivity contribution >= 4 is 11.9 Å². The van der Waals surface area contributed by atoms with Crippen LogP contribution in [0.15, 0.2) is 0 Å². The van der Waals surface area contributed by atoms with Crippen LogP contribution >= 0.6 is 0 Å². The fourth-order valence-corrected chi connectivity index (χ4v) is 1.80. The number of carboxylic acids is 1. The van der Waals surface area contributed by atoms with Crippen molar-refractivity contribution in [2.75, 3.05) is 0 Å². The predicted molar refractivity (Wildman–Crippen MR) is 48.6 cm³/mol. The molecule has 3 atom stereocenters. The van der Waals surface area contributed by atoms with E-state index in [0.29, 0.717) is 19.3 Å². The largest absolute Gasteiger partial charge is 0.481 e. The molecule has 0 aliphatic heterocycles. The minimum absolute atomic E-state index is 0.236. The van der Waals surface area contributed by atoms with Gasteiger partial charge in [-0.15, -0.1) is 0 Å². The summed E-state index contributed by atoms with van der Waals surface area (Å²) in [5, 5.41) is 20.9. The highest BCUT2D eigenvalue weighted by atomic mass is 16.4. The summed E-state index contributed by atoms with van der Waals surface area (Å²) in [7, 11) is 0. The molecule has 0 aromatic heterocycles. The molecule has 80 valence electrons. The third kappa shape index (κ3) is 2.70. The van der Waals surface area contributed by atoms with E-state index >= 15 is 0 Å². The molecular weight excluding hydrogens is 186 g/mol. The van der Waals surface area contributed by atoms with Gasteiger partial charge in [-0.1, -0.05) is 0 Å². The van der Waals surface area contributed by atoms with Gasteiger partial charge in [-0.05, 0) is 19.3 Å². The molecule has 0 radical (unpaired) electrons. The third-order valence-electron chi connectivity index (χ3n) is 2.55. The van der Waals surface area contributed by atoms with Crippen molar-refractivity contribution < 1.29 is 19.8 Å². The fraction of sp³-hybridized carbons (Fsp3) is 0.778. The quantitative estimate of drug-likeness (QED) is 0.574. The number of hydrogen-bond donors (Lipinski definition) is 3. The molecule has 0 aromatic rings. The number of hydrogen-bond acceptors (Lipinski definition) is 3. The lowest BCUT2D eigenvalue weighted by Gasteiger charge is -2.31. The summed E-state index contributed by atoms with van der Waals surface area (Å²) >= 11 is 0. The normalized spacial score (nSPS) is 32.3. The van der Waals surface area contributed by atoms with Crippen LogP contribution in [0.1, 0.15) is 26.2 Å². The highest BCUT2D eigenvalue weighted by molar-refractivity contribution is 5.74. The third-order valence-corrected chi connectivity index (χ3v) is 2.55. The Labute approximate surface area is 82.1 Å². The Morgan fingerprint density at radius 2 is 2.00 bits per heavy atom. The van der Waals surface area contributed by atoms with Crippen molar-refractivity contribution in [2.24, 2.45) is 5.92 Å². The molecule has 1 amide bonds. The zero-order chi connectivity index (χ0) is 10.7. The van der Waals surface area contributed by atoms with Crippen LogP contribution in [0.25, 0.3) is 0 Å². The molecule has 0 saturated heterocycles. The number of carbonyl (C=O) groups is 2. The summed E-state index contributed by atoms with van der Waals surface area (Å²) in [5.74, 6) is -1.54. The molecule has 0 aromatic carbocycles. The van der Waals surface area contributed by atoms with Gasteiger partial charge in [0.15, 0.2) is 0 Å². The second-order valence-electron chi connectivity index (χ2n) is 3.72. The van der Waals surface area contributed by atoms with E-state index in [0.717, 1.165) is 0 Å². The van der Waals surface area contributed by atoms with Gasteiger partial charge >= 0.3 is 5.97 Å². The summed E-state index contributed by atoms with van der Waals surface area (Å²) in [6.45, 7) is 1.36. The highest BCUT2D eigenvalue weighted by Gasteiger charge is 2.33. The van der Waals surface area contributed by atoms with Crippen LogP contribution in [0.5, 0.6) is 0 Å². The lowest BCUT2D eigenvalue weighted by molar-refractivity contribution is -0.144. The van der Waals surface area contributed by atoms with E-state index in [4.69, 9.17) is 5.11 Å². The van der Waals surface area contributed by atoms with Crippen LogP contribution in [0.2, 0.25) is 0 Å². The fourth-order valence-electron chi connectivity index (χ4n) is 1.80. The number of rotatable bonds is 2. The smallest absolute Gasteiger partial charge is 0.306 e. The number of aliphatic hydroxyl groups excluding tert-OH is 1. The maximum absolute atomic E-state index is 10.8. The first-order chi connectivity index (χ1) is 6.50. The number of carboxylic acid groups (broad SMARTS) is 1. The number of nitrogens with one attached hydrogen (secondary N) is 1. The van der Waals surface area contributed by atoms with Gasteiger partial charge in [0.1, 0.15) is 0 Å². The number of aliphatic hydroxyl groups is 1. The maximum atomic E-state index is 10.8. The van der Waals surface area contributed by atoms with E-state index in [1.165, 1.54) is 6.92 Å². The first-order valence-electron chi connectivity index (χ1n) is 4.68. The molecule has 1 fully saturated rings. The van der Waals surface area contributed by atoms with Gasteiger partial charge in [0.25, 0.3) is 0 Å². The van der Waals surface area contributed by atoms with Crippen molar-refractivity contribution in [3.63, 3.8) is 0 Å². The standard InChI is InChI=1S/C9H15NO4/c1-5(11)10-7-4-6(9(13)14)2-3-8(7)12/h6-8,12H,2-4H2,1H3,(H,10,11)(H,13,14). The van der Waals surface area contributed by atoms with Crippen molar-refractivity contribution in [3.8, 4) is 0 Å². The van der Waals surface area contributed by atoms with Crippen molar-refractivity contribution in [1.29, 1.82) is 0 Å². The van der Waals surface area contributed by atoms with Crippen LogP contribution in [0, 0.1) is 5.92 Å². The van der Waals surface area contributed by atoms with E-state index in [2.05, 4.69) is 5.32 Å². The van der Waals surface area contributed by atoms with E-state index < -0.39 is 24.0 Å². The molecule has 5 heteroatoms. The zero-order valence-electron chi connectivity index (χ0n) is 8.06. The summed E-state index contributed by atoms with van der Waals surface area (Å²) in [5.41, 5.74) is 0. The predicted octanol–water partition coefficient (Wildman–Crippen LogP) is -0.263. The van der Waals surface area contributed by atoms with Crippen molar-refractivity contribution in [2.45, 2.75) is 38.3 Å². The molecule has 1 aliphatic rings. The molecule has 1 aliphatic carbocycles. The Kier molecular flexibility index (Phi) is 3.46. The molecule has 1 rings (SSSR count). The van der Waals surface area contributed by atoms with Gasteiger partial charge in [-0.3, -0.25) is 9.59 Å². The Balaban J connectivity index is 2.55. The van der Waals surface area contributed by atoms with Crippen LogP contribution in [0.4, 0.5) is 0 Å². The lowest BCUT2D eigenvalue weighted by Crippen LogP contribution is -2.47. The summed E-state index contributed by atoms with van der Waals surface area (Å²) in [4.78, 5) is 21.5. The van der Waals surface area contributed by atoms with Gasteiger partial charge in [0.05, 0.1) is 18.1 Å². The number of aliphatic carboxylic acids is 1. The molecule has 0 spiro atoms. The Hall–Kier alpha value is -1.10. The summed E-state index contributed by atoms with van der Waals surface area (Å²) < 4.78 is 0. The van der Waals surface area contributed by atoms with Crippen LogP contribution < -0.4 is 5.32 Å². The minimum atomic E-state index is -0.854. The number of amides is 1. The minimum Gasteiger partial charge on any atom is -0.481 e. The number of carbonyl (C=O) groups excluding carboxylic acids is 1. The maximum Gasteiger partial charge on any atom is 0.306 e.